The largest absolute Gasteiger partial charge is 0.480 e. The van der Waals surface area contributed by atoms with Crippen molar-refractivity contribution in [1.29, 1.82) is 0 Å². The molecule has 1 N–H and O–H groups in total. The van der Waals surface area contributed by atoms with Crippen LogP contribution in [0.1, 0.15) is 51.9 Å². The number of rotatable bonds is 7. The molecule has 1 aliphatic rings. The summed E-state index contributed by atoms with van der Waals surface area (Å²) in [5.41, 5.74) is 0. The van der Waals surface area contributed by atoms with Crippen molar-refractivity contribution in [2.24, 2.45) is 0 Å². The molecule has 15 heavy (non-hydrogen) atoms. The highest BCUT2D eigenvalue weighted by atomic mass is 16.4. The van der Waals surface area contributed by atoms with E-state index in [-0.39, 0.29) is 6.04 Å². The van der Waals surface area contributed by atoms with Crippen molar-refractivity contribution in [2.75, 3.05) is 13.1 Å². The summed E-state index contributed by atoms with van der Waals surface area (Å²) in [5.74, 6) is -0.631. The number of carboxylic acid groups (broad SMARTS) is 1. The zero-order valence-corrected chi connectivity index (χ0v) is 9.74. The minimum atomic E-state index is -0.631. The molecule has 0 aromatic carbocycles. The number of carbonyl (C=O) groups is 1. The summed E-state index contributed by atoms with van der Waals surface area (Å²) in [6, 6.07) is -0.218. The average Bonchev–Trinajstić information content (AvgIpc) is 2.70. The van der Waals surface area contributed by atoms with Crippen LogP contribution in [0.15, 0.2) is 0 Å². The molecule has 88 valence electrons. The van der Waals surface area contributed by atoms with Gasteiger partial charge in [-0.1, -0.05) is 32.6 Å². The third-order valence-electron chi connectivity index (χ3n) is 3.20. The Hall–Kier alpha value is -0.570. The van der Waals surface area contributed by atoms with E-state index in [1.807, 2.05) is 0 Å². The Kier molecular flexibility index (Phi) is 5.69. The van der Waals surface area contributed by atoms with Crippen molar-refractivity contribution in [1.82, 2.24) is 4.90 Å². The van der Waals surface area contributed by atoms with Gasteiger partial charge in [-0.15, -0.1) is 0 Å². The van der Waals surface area contributed by atoms with Gasteiger partial charge in [-0.05, 0) is 32.4 Å². The Balaban J connectivity index is 2.27. The number of hydrogen-bond acceptors (Lipinski definition) is 2. The zero-order valence-electron chi connectivity index (χ0n) is 9.74. The Labute approximate surface area is 92.5 Å². The van der Waals surface area contributed by atoms with Crippen molar-refractivity contribution in [3.63, 3.8) is 0 Å². The van der Waals surface area contributed by atoms with E-state index in [0.29, 0.717) is 0 Å². The third-order valence-corrected chi connectivity index (χ3v) is 3.20. The molecule has 1 rings (SSSR count). The summed E-state index contributed by atoms with van der Waals surface area (Å²) in [5, 5.41) is 9.15. The molecule has 1 aliphatic heterocycles. The summed E-state index contributed by atoms with van der Waals surface area (Å²) in [6.07, 6.45) is 7.83. The van der Waals surface area contributed by atoms with Crippen molar-refractivity contribution in [2.45, 2.75) is 57.9 Å². The number of nitrogens with zero attached hydrogens (tertiary/aromatic N) is 1. The molecule has 0 bridgehead atoms. The normalized spacial score (nSPS) is 19.3. The lowest BCUT2D eigenvalue weighted by molar-refractivity contribution is -0.143. The van der Waals surface area contributed by atoms with Gasteiger partial charge in [0.05, 0.1) is 0 Å². The van der Waals surface area contributed by atoms with Crippen LogP contribution in [0.4, 0.5) is 0 Å². The molecule has 0 aromatic rings. The molecule has 0 amide bonds. The Morgan fingerprint density at radius 1 is 1.27 bits per heavy atom. The highest BCUT2D eigenvalue weighted by Crippen LogP contribution is 2.17. The topological polar surface area (TPSA) is 40.5 Å². The second kappa shape index (κ2) is 6.83. The minimum Gasteiger partial charge on any atom is -0.480 e. The van der Waals surface area contributed by atoms with Crippen LogP contribution in [-0.2, 0) is 4.79 Å². The average molecular weight is 213 g/mol. The van der Waals surface area contributed by atoms with Crippen LogP contribution in [0.2, 0.25) is 0 Å². The van der Waals surface area contributed by atoms with Gasteiger partial charge < -0.3 is 5.11 Å². The molecule has 1 atom stereocenters. The number of aliphatic carboxylic acids is 1. The van der Waals surface area contributed by atoms with Crippen LogP contribution < -0.4 is 0 Å². The highest BCUT2D eigenvalue weighted by Gasteiger charge is 2.26. The van der Waals surface area contributed by atoms with Crippen molar-refractivity contribution in [3.05, 3.63) is 0 Å². The quantitative estimate of drug-likeness (QED) is 0.661. The van der Waals surface area contributed by atoms with Crippen molar-refractivity contribution >= 4 is 5.97 Å². The molecule has 1 fully saturated rings. The number of hydrogen-bond donors (Lipinski definition) is 1. The number of likely N-dealkylation sites (tertiary alicyclic amines) is 1. The molecule has 0 saturated carbocycles. The van der Waals surface area contributed by atoms with Gasteiger partial charge >= 0.3 is 5.97 Å². The van der Waals surface area contributed by atoms with Crippen LogP contribution in [0.5, 0.6) is 0 Å². The van der Waals surface area contributed by atoms with Gasteiger partial charge in [-0.3, -0.25) is 9.69 Å². The molecule has 3 nitrogen and oxygen atoms in total. The van der Waals surface area contributed by atoms with Crippen LogP contribution >= 0.6 is 0 Å². The van der Waals surface area contributed by atoms with Gasteiger partial charge in [0.2, 0.25) is 0 Å². The first-order chi connectivity index (χ1) is 7.25. The fourth-order valence-electron chi connectivity index (χ4n) is 2.28. The van der Waals surface area contributed by atoms with E-state index in [9.17, 15) is 4.79 Å². The maximum absolute atomic E-state index is 11.1. The summed E-state index contributed by atoms with van der Waals surface area (Å²) < 4.78 is 0. The fourth-order valence-corrected chi connectivity index (χ4v) is 2.28. The smallest absolute Gasteiger partial charge is 0.320 e. The first kappa shape index (κ1) is 12.5. The molecule has 0 aliphatic carbocycles. The maximum atomic E-state index is 11.1. The summed E-state index contributed by atoms with van der Waals surface area (Å²) >= 11 is 0. The Morgan fingerprint density at radius 2 is 1.93 bits per heavy atom. The van der Waals surface area contributed by atoms with Crippen LogP contribution in [0.3, 0.4) is 0 Å². The lowest BCUT2D eigenvalue weighted by Crippen LogP contribution is -2.39. The lowest BCUT2D eigenvalue weighted by atomic mass is 10.1. The van der Waals surface area contributed by atoms with Gasteiger partial charge in [-0.25, -0.2) is 0 Å². The maximum Gasteiger partial charge on any atom is 0.320 e. The van der Waals surface area contributed by atoms with E-state index in [0.717, 1.165) is 25.9 Å². The van der Waals surface area contributed by atoms with Gasteiger partial charge in [0, 0.05) is 0 Å². The highest BCUT2D eigenvalue weighted by molar-refractivity contribution is 5.73. The summed E-state index contributed by atoms with van der Waals surface area (Å²) in [7, 11) is 0. The van der Waals surface area contributed by atoms with Gasteiger partial charge in [-0.2, -0.15) is 0 Å². The van der Waals surface area contributed by atoms with E-state index >= 15 is 0 Å². The van der Waals surface area contributed by atoms with Gasteiger partial charge in [0.25, 0.3) is 0 Å². The van der Waals surface area contributed by atoms with Crippen LogP contribution in [-0.4, -0.2) is 35.1 Å². The number of carboxylic acids is 1. The first-order valence-corrected chi connectivity index (χ1v) is 6.22. The molecule has 1 unspecified atom stereocenters. The van der Waals surface area contributed by atoms with Gasteiger partial charge in [0.15, 0.2) is 0 Å². The Bertz CT molecular complexity index is 188. The summed E-state index contributed by atoms with van der Waals surface area (Å²) in [6.45, 7) is 4.13. The second-order valence-corrected chi connectivity index (χ2v) is 4.45. The predicted molar refractivity (Wildman–Crippen MR) is 61.0 cm³/mol. The van der Waals surface area contributed by atoms with Gasteiger partial charge in [0.1, 0.15) is 6.04 Å². The molecule has 0 aromatic heterocycles. The van der Waals surface area contributed by atoms with Crippen LogP contribution in [0.25, 0.3) is 0 Å². The number of unbranched alkanes of at least 4 members (excludes halogenated alkanes) is 3. The zero-order chi connectivity index (χ0) is 11.1. The minimum absolute atomic E-state index is 0.218. The SMILES string of the molecule is CCCCCCC(C(=O)O)N1CCCC1. The fraction of sp³-hybridized carbons (Fsp3) is 0.917. The van der Waals surface area contributed by atoms with E-state index in [1.54, 1.807) is 0 Å². The monoisotopic (exact) mass is 213 g/mol. The van der Waals surface area contributed by atoms with E-state index in [1.165, 1.54) is 32.1 Å². The lowest BCUT2D eigenvalue weighted by Gasteiger charge is -2.23. The predicted octanol–water partition coefficient (Wildman–Crippen LogP) is 2.51. The molecule has 0 spiro atoms. The van der Waals surface area contributed by atoms with E-state index in [4.69, 9.17) is 5.11 Å². The second-order valence-electron chi connectivity index (χ2n) is 4.45. The standard InChI is InChI=1S/C12H23NO2/c1-2-3-4-5-8-11(12(14)15)13-9-6-7-10-13/h11H,2-10H2,1H3,(H,14,15). The van der Waals surface area contributed by atoms with Crippen molar-refractivity contribution in [3.8, 4) is 0 Å². The Morgan fingerprint density at radius 3 is 2.47 bits per heavy atom. The van der Waals surface area contributed by atoms with E-state index < -0.39 is 5.97 Å². The molecule has 1 heterocycles. The molecular weight excluding hydrogens is 190 g/mol. The molecule has 0 radical (unpaired) electrons. The molecular formula is C12H23NO2. The van der Waals surface area contributed by atoms with Crippen molar-refractivity contribution < 1.29 is 9.90 Å². The van der Waals surface area contributed by atoms with Crippen LogP contribution in [0, 0.1) is 0 Å². The summed E-state index contributed by atoms with van der Waals surface area (Å²) in [4.78, 5) is 13.2. The first-order valence-electron chi connectivity index (χ1n) is 6.22. The molecule has 3 heteroatoms. The molecule has 1 saturated heterocycles. The third kappa shape index (κ3) is 4.20. The van der Waals surface area contributed by atoms with E-state index in [2.05, 4.69) is 11.8 Å².